The zero-order valence-electron chi connectivity index (χ0n) is 9.51. The van der Waals surface area contributed by atoms with Crippen molar-refractivity contribution in [2.24, 2.45) is 0 Å². The van der Waals surface area contributed by atoms with Crippen LogP contribution in [0.4, 0.5) is 11.4 Å². The molecule has 6 nitrogen and oxygen atoms in total. The first kappa shape index (κ1) is 13.0. The van der Waals surface area contributed by atoms with Gasteiger partial charge in [0.25, 0.3) is 5.69 Å². The molecule has 0 atom stereocenters. The fraction of sp³-hybridized carbons (Fsp3) is 0.364. The molecule has 0 aliphatic heterocycles. The molecule has 0 aromatic heterocycles. The predicted octanol–water partition coefficient (Wildman–Crippen LogP) is 2.13. The van der Waals surface area contributed by atoms with Gasteiger partial charge < -0.3 is 10.5 Å². The van der Waals surface area contributed by atoms with Crippen LogP contribution in [0.2, 0.25) is 0 Å². The van der Waals surface area contributed by atoms with Gasteiger partial charge in [-0.3, -0.25) is 10.1 Å². The lowest BCUT2D eigenvalue weighted by atomic mass is 10.1. The number of carbonyl (C=O) groups is 1. The van der Waals surface area contributed by atoms with Crippen LogP contribution in [0.3, 0.4) is 0 Å². The Morgan fingerprint density at radius 2 is 2.24 bits per heavy atom. The van der Waals surface area contributed by atoms with Crippen LogP contribution in [-0.4, -0.2) is 17.5 Å². The summed E-state index contributed by atoms with van der Waals surface area (Å²) in [4.78, 5) is 21.7. The Hall–Kier alpha value is -2.11. The zero-order chi connectivity index (χ0) is 12.8. The summed E-state index contributed by atoms with van der Waals surface area (Å²) in [5.74, 6) is -0.711. The molecule has 0 aliphatic carbocycles. The SMILES string of the molecule is CCCCOC(=O)c1cc(N)ccc1[N+](=O)[O-]. The highest BCUT2D eigenvalue weighted by atomic mass is 16.6. The van der Waals surface area contributed by atoms with Crippen LogP contribution in [-0.2, 0) is 4.74 Å². The predicted molar refractivity (Wildman–Crippen MR) is 62.7 cm³/mol. The number of anilines is 1. The van der Waals surface area contributed by atoms with E-state index < -0.39 is 10.9 Å². The van der Waals surface area contributed by atoms with Crippen molar-refractivity contribution in [3.63, 3.8) is 0 Å². The van der Waals surface area contributed by atoms with E-state index in [9.17, 15) is 14.9 Å². The molecule has 17 heavy (non-hydrogen) atoms. The van der Waals surface area contributed by atoms with E-state index in [1.807, 2.05) is 6.92 Å². The average molecular weight is 238 g/mol. The van der Waals surface area contributed by atoms with E-state index in [2.05, 4.69) is 0 Å². The van der Waals surface area contributed by atoms with Gasteiger partial charge >= 0.3 is 5.97 Å². The van der Waals surface area contributed by atoms with E-state index >= 15 is 0 Å². The largest absolute Gasteiger partial charge is 0.462 e. The quantitative estimate of drug-likeness (QED) is 0.279. The summed E-state index contributed by atoms with van der Waals surface area (Å²) in [7, 11) is 0. The van der Waals surface area contributed by atoms with Crippen LogP contribution in [0.25, 0.3) is 0 Å². The molecule has 0 bridgehead atoms. The number of rotatable bonds is 5. The zero-order valence-corrected chi connectivity index (χ0v) is 9.51. The highest BCUT2D eigenvalue weighted by molar-refractivity contribution is 5.94. The Labute approximate surface area is 98.5 Å². The van der Waals surface area contributed by atoms with Crippen molar-refractivity contribution in [1.29, 1.82) is 0 Å². The Morgan fingerprint density at radius 3 is 2.82 bits per heavy atom. The molecular formula is C11H14N2O4. The van der Waals surface area contributed by atoms with Crippen molar-refractivity contribution < 1.29 is 14.5 Å². The third-order valence-corrected chi connectivity index (χ3v) is 2.17. The number of ether oxygens (including phenoxy) is 1. The van der Waals surface area contributed by atoms with E-state index in [-0.39, 0.29) is 23.5 Å². The van der Waals surface area contributed by atoms with Crippen molar-refractivity contribution in [3.05, 3.63) is 33.9 Å². The topological polar surface area (TPSA) is 95.5 Å². The van der Waals surface area contributed by atoms with Crippen LogP contribution >= 0.6 is 0 Å². The van der Waals surface area contributed by atoms with Gasteiger partial charge in [-0.2, -0.15) is 0 Å². The van der Waals surface area contributed by atoms with Crippen LogP contribution in [0.1, 0.15) is 30.1 Å². The maximum Gasteiger partial charge on any atom is 0.345 e. The molecule has 1 rings (SSSR count). The number of carbonyl (C=O) groups excluding carboxylic acids is 1. The average Bonchev–Trinajstić information content (AvgIpc) is 2.28. The maximum atomic E-state index is 11.6. The van der Waals surface area contributed by atoms with Crippen molar-refractivity contribution in [1.82, 2.24) is 0 Å². The number of nitro groups is 1. The van der Waals surface area contributed by atoms with Gasteiger partial charge in [-0.15, -0.1) is 0 Å². The standard InChI is InChI=1S/C11H14N2O4/c1-2-3-6-17-11(14)9-7-8(12)4-5-10(9)13(15)16/h4-5,7H,2-3,6,12H2,1H3. The molecule has 0 saturated heterocycles. The Balaban J connectivity index is 2.90. The molecule has 0 fully saturated rings. The minimum Gasteiger partial charge on any atom is -0.462 e. The van der Waals surface area contributed by atoms with E-state index in [1.54, 1.807) is 0 Å². The third-order valence-electron chi connectivity index (χ3n) is 2.17. The van der Waals surface area contributed by atoms with Gasteiger partial charge in [-0.1, -0.05) is 13.3 Å². The molecular weight excluding hydrogens is 224 g/mol. The number of nitrogens with two attached hydrogens (primary N) is 1. The number of nitrogens with zero attached hydrogens (tertiary/aromatic N) is 1. The van der Waals surface area contributed by atoms with Gasteiger partial charge in [0.2, 0.25) is 0 Å². The number of unbranched alkanes of at least 4 members (excludes halogenated alkanes) is 1. The molecule has 1 aromatic carbocycles. The summed E-state index contributed by atoms with van der Waals surface area (Å²) >= 11 is 0. The molecule has 2 N–H and O–H groups in total. The van der Waals surface area contributed by atoms with Gasteiger partial charge in [0, 0.05) is 11.8 Å². The number of hydrogen-bond donors (Lipinski definition) is 1. The van der Waals surface area contributed by atoms with Crippen molar-refractivity contribution in [3.8, 4) is 0 Å². The molecule has 92 valence electrons. The van der Waals surface area contributed by atoms with Crippen LogP contribution in [0, 0.1) is 10.1 Å². The van der Waals surface area contributed by atoms with E-state index in [4.69, 9.17) is 10.5 Å². The first-order chi connectivity index (χ1) is 8.06. The number of nitro benzene ring substituents is 1. The Kier molecular flexibility index (Phi) is 4.45. The number of esters is 1. The van der Waals surface area contributed by atoms with Gasteiger partial charge in [-0.25, -0.2) is 4.79 Å². The minimum absolute atomic E-state index is 0.105. The summed E-state index contributed by atoms with van der Waals surface area (Å²) in [6.07, 6.45) is 1.61. The lowest BCUT2D eigenvalue weighted by molar-refractivity contribution is -0.385. The van der Waals surface area contributed by atoms with Gasteiger partial charge in [0.15, 0.2) is 0 Å². The Morgan fingerprint density at radius 1 is 1.53 bits per heavy atom. The number of benzene rings is 1. The van der Waals surface area contributed by atoms with Gasteiger partial charge in [0.05, 0.1) is 11.5 Å². The molecule has 0 heterocycles. The van der Waals surface area contributed by atoms with Crippen LogP contribution < -0.4 is 5.73 Å². The first-order valence-corrected chi connectivity index (χ1v) is 5.27. The monoisotopic (exact) mass is 238 g/mol. The van der Waals surface area contributed by atoms with Crippen molar-refractivity contribution in [2.45, 2.75) is 19.8 Å². The molecule has 1 aromatic rings. The number of hydrogen-bond acceptors (Lipinski definition) is 5. The van der Waals surface area contributed by atoms with Crippen LogP contribution in [0.15, 0.2) is 18.2 Å². The fourth-order valence-electron chi connectivity index (χ4n) is 1.26. The van der Waals surface area contributed by atoms with Gasteiger partial charge in [-0.05, 0) is 18.6 Å². The van der Waals surface area contributed by atoms with Crippen LogP contribution in [0.5, 0.6) is 0 Å². The lowest BCUT2D eigenvalue weighted by Crippen LogP contribution is -2.09. The second-order valence-corrected chi connectivity index (χ2v) is 3.52. The number of nitrogen functional groups attached to an aromatic ring is 1. The van der Waals surface area contributed by atoms with Crippen molar-refractivity contribution >= 4 is 17.3 Å². The summed E-state index contributed by atoms with van der Waals surface area (Å²) < 4.78 is 4.92. The normalized spacial score (nSPS) is 9.94. The molecule has 0 saturated carbocycles. The van der Waals surface area contributed by atoms with Gasteiger partial charge in [0.1, 0.15) is 5.56 Å². The molecule has 0 unspecified atom stereocenters. The summed E-state index contributed by atoms with van der Waals surface area (Å²) in [5, 5.41) is 10.7. The second kappa shape index (κ2) is 5.83. The summed E-state index contributed by atoms with van der Waals surface area (Å²) in [5.41, 5.74) is 5.38. The third kappa shape index (κ3) is 3.44. The van der Waals surface area contributed by atoms with Crippen molar-refractivity contribution in [2.75, 3.05) is 12.3 Å². The second-order valence-electron chi connectivity index (χ2n) is 3.52. The maximum absolute atomic E-state index is 11.6. The Bertz CT molecular complexity index is 431. The highest BCUT2D eigenvalue weighted by Crippen LogP contribution is 2.22. The summed E-state index contributed by atoms with van der Waals surface area (Å²) in [6.45, 7) is 2.21. The highest BCUT2D eigenvalue weighted by Gasteiger charge is 2.21. The van der Waals surface area contributed by atoms with E-state index in [0.717, 1.165) is 12.8 Å². The fourth-order valence-corrected chi connectivity index (χ4v) is 1.26. The van der Waals surface area contributed by atoms with E-state index in [1.165, 1.54) is 18.2 Å². The van der Waals surface area contributed by atoms with E-state index in [0.29, 0.717) is 0 Å². The molecule has 0 aliphatic rings. The lowest BCUT2D eigenvalue weighted by Gasteiger charge is -2.05. The molecule has 0 spiro atoms. The minimum atomic E-state index is -0.711. The summed E-state index contributed by atoms with van der Waals surface area (Å²) in [6, 6.07) is 3.83. The molecule has 0 radical (unpaired) electrons. The molecule has 6 heteroatoms. The molecule has 0 amide bonds. The smallest absolute Gasteiger partial charge is 0.345 e. The first-order valence-electron chi connectivity index (χ1n) is 5.27.